The number of anilines is 1. The van der Waals surface area contributed by atoms with Gasteiger partial charge in [0.2, 0.25) is 0 Å². The van der Waals surface area contributed by atoms with E-state index in [1.165, 1.54) is 22.7 Å². The zero-order valence-corrected chi connectivity index (χ0v) is 18.2. The molecule has 0 unspecified atom stereocenters. The normalized spacial score (nSPS) is 11.4. The van der Waals surface area contributed by atoms with Gasteiger partial charge in [-0.1, -0.05) is 18.2 Å². The molecular weight excluding hydrogens is 420 g/mol. The summed E-state index contributed by atoms with van der Waals surface area (Å²) in [6, 6.07) is 12.9. The van der Waals surface area contributed by atoms with Crippen LogP contribution in [0.2, 0.25) is 0 Å². The molecule has 0 aliphatic heterocycles. The van der Waals surface area contributed by atoms with Crippen LogP contribution in [0.25, 0.3) is 10.2 Å². The van der Waals surface area contributed by atoms with Crippen LogP contribution in [0.3, 0.4) is 0 Å². The van der Waals surface area contributed by atoms with Gasteiger partial charge in [-0.25, -0.2) is 0 Å². The summed E-state index contributed by atoms with van der Waals surface area (Å²) in [5.74, 6) is 0.753. The zero-order valence-electron chi connectivity index (χ0n) is 16.6. The Balaban J connectivity index is 1.52. The lowest BCUT2D eigenvalue weighted by Crippen LogP contribution is -2.40. The standard InChI is InChI=1S/C21H20N4O3S2/c1-21(2,12-6-8-13(28-3)9-7-12)23-19(27)16-11-14-17(24-25-20(14)30-16)22-18(26)15-5-4-10-29-15/h4-11H,1-3H3,(H,23,27)(H2,22,24,25,26). The highest BCUT2D eigenvalue weighted by Gasteiger charge is 2.25. The van der Waals surface area contributed by atoms with Crippen LogP contribution < -0.4 is 15.4 Å². The summed E-state index contributed by atoms with van der Waals surface area (Å²) in [4.78, 5) is 27.1. The number of benzene rings is 1. The highest BCUT2D eigenvalue weighted by atomic mass is 32.1. The monoisotopic (exact) mass is 440 g/mol. The molecule has 3 heterocycles. The molecule has 0 saturated carbocycles. The van der Waals surface area contributed by atoms with Gasteiger partial charge in [-0.05, 0) is 49.1 Å². The quantitative estimate of drug-likeness (QED) is 0.408. The molecule has 0 aliphatic rings. The first kappa shape index (κ1) is 20.1. The first-order valence-electron chi connectivity index (χ1n) is 9.17. The summed E-state index contributed by atoms with van der Waals surface area (Å²) in [5, 5.41) is 15.5. The van der Waals surface area contributed by atoms with Crippen molar-refractivity contribution in [3.05, 3.63) is 63.2 Å². The van der Waals surface area contributed by atoms with Crippen LogP contribution in [0.1, 0.15) is 38.8 Å². The summed E-state index contributed by atoms with van der Waals surface area (Å²) >= 11 is 2.65. The van der Waals surface area contributed by atoms with Crippen LogP contribution in [0.5, 0.6) is 5.75 Å². The molecule has 7 nitrogen and oxygen atoms in total. The van der Waals surface area contributed by atoms with Crippen LogP contribution in [0.15, 0.2) is 47.8 Å². The summed E-state index contributed by atoms with van der Waals surface area (Å²) in [7, 11) is 1.62. The predicted octanol–water partition coefficient (Wildman–Crippen LogP) is 4.61. The third-order valence-electron chi connectivity index (χ3n) is 4.69. The van der Waals surface area contributed by atoms with Gasteiger partial charge < -0.3 is 15.4 Å². The maximum absolute atomic E-state index is 12.9. The average molecular weight is 441 g/mol. The van der Waals surface area contributed by atoms with E-state index in [0.29, 0.717) is 21.0 Å². The van der Waals surface area contributed by atoms with Crippen molar-refractivity contribution >= 4 is 50.5 Å². The van der Waals surface area contributed by atoms with Gasteiger partial charge in [0.15, 0.2) is 5.82 Å². The van der Waals surface area contributed by atoms with Crippen molar-refractivity contribution < 1.29 is 14.3 Å². The van der Waals surface area contributed by atoms with Crippen LogP contribution >= 0.6 is 22.7 Å². The minimum atomic E-state index is -0.574. The number of methoxy groups -OCH3 is 1. The van der Waals surface area contributed by atoms with Gasteiger partial charge in [0.05, 0.1) is 27.8 Å². The number of nitrogens with one attached hydrogen (secondary N) is 3. The molecule has 30 heavy (non-hydrogen) atoms. The summed E-state index contributed by atoms with van der Waals surface area (Å²) in [5.41, 5.74) is 0.388. The number of aromatic amines is 1. The van der Waals surface area contributed by atoms with E-state index in [-0.39, 0.29) is 11.8 Å². The van der Waals surface area contributed by atoms with E-state index < -0.39 is 5.54 Å². The first-order chi connectivity index (χ1) is 14.4. The van der Waals surface area contributed by atoms with Gasteiger partial charge >= 0.3 is 0 Å². The Hall–Kier alpha value is -3.17. The Morgan fingerprint density at radius 3 is 2.53 bits per heavy atom. The van der Waals surface area contributed by atoms with Crippen LogP contribution in [0, 0.1) is 0 Å². The lowest BCUT2D eigenvalue weighted by atomic mass is 9.94. The van der Waals surface area contributed by atoms with Gasteiger partial charge in [-0.2, -0.15) is 5.10 Å². The third kappa shape index (κ3) is 3.94. The van der Waals surface area contributed by atoms with E-state index in [2.05, 4.69) is 20.8 Å². The van der Waals surface area contributed by atoms with Crippen molar-refractivity contribution in [3.8, 4) is 5.75 Å². The van der Waals surface area contributed by atoms with Gasteiger partial charge in [0.1, 0.15) is 10.6 Å². The molecule has 0 saturated heterocycles. The number of thiophene rings is 2. The zero-order chi connectivity index (χ0) is 21.3. The highest BCUT2D eigenvalue weighted by Crippen LogP contribution is 2.31. The van der Waals surface area contributed by atoms with E-state index in [0.717, 1.165) is 16.1 Å². The topological polar surface area (TPSA) is 96.1 Å². The van der Waals surface area contributed by atoms with Gasteiger partial charge in [0, 0.05) is 0 Å². The Labute approximate surface area is 181 Å². The number of carbonyl (C=O) groups is 2. The maximum Gasteiger partial charge on any atom is 0.266 e. The lowest BCUT2D eigenvalue weighted by molar-refractivity contribution is 0.0915. The smallest absolute Gasteiger partial charge is 0.266 e. The molecule has 0 radical (unpaired) electrons. The van der Waals surface area contributed by atoms with Gasteiger partial charge in [0.25, 0.3) is 11.8 Å². The number of carbonyl (C=O) groups excluding carboxylic acids is 2. The van der Waals surface area contributed by atoms with E-state index in [4.69, 9.17) is 4.74 Å². The Kier molecular flexibility index (Phi) is 5.31. The molecule has 2 amide bonds. The average Bonchev–Trinajstić information content (AvgIpc) is 3.46. The van der Waals surface area contributed by atoms with E-state index in [1.54, 1.807) is 19.2 Å². The molecule has 4 rings (SSSR count). The van der Waals surface area contributed by atoms with Crippen molar-refractivity contribution in [1.82, 2.24) is 15.5 Å². The van der Waals surface area contributed by atoms with E-state index >= 15 is 0 Å². The van der Waals surface area contributed by atoms with Gasteiger partial charge in [-0.15, -0.1) is 22.7 Å². The molecule has 0 bridgehead atoms. The number of fused-ring (bicyclic) bond motifs is 1. The molecule has 154 valence electrons. The number of nitrogens with zero attached hydrogens (tertiary/aromatic N) is 1. The number of rotatable bonds is 6. The second-order valence-electron chi connectivity index (χ2n) is 7.16. The SMILES string of the molecule is COc1ccc(C(C)(C)NC(=O)c2cc3c(NC(=O)c4cccs4)n[nH]c3s2)cc1. The number of aromatic nitrogens is 2. The fourth-order valence-electron chi connectivity index (χ4n) is 3.03. The fraction of sp³-hybridized carbons (Fsp3) is 0.190. The maximum atomic E-state index is 12.9. The molecule has 0 fully saturated rings. The van der Waals surface area contributed by atoms with Crippen LogP contribution in [-0.2, 0) is 5.54 Å². The molecule has 3 aromatic heterocycles. The second kappa shape index (κ2) is 7.92. The molecule has 0 aliphatic carbocycles. The number of amides is 2. The number of ether oxygens (including phenoxy) is 1. The molecular formula is C21H20N4O3S2. The van der Waals surface area contributed by atoms with Crippen molar-refractivity contribution in [2.24, 2.45) is 0 Å². The Morgan fingerprint density at radius 2 is 1.87 bits per heavy atom. The van der Waals surface area contributed by atoms with Crippen molar-refractivity contribution in [3.63, 3.8) is 0 Å². The molecule has 0 atom stereocenters. The fourth-order valence-corrected chi connectivity index (χ4v) is 4.54. The van der Waals surface area contributed by atoms with Crippen molar-refractivity contribution in [2.45, 2.75) is 19.4 Å². The van der Waals surface area contributed by atoms with Crippen LogP contribution in [0.4, 0.5) is 5.82 Å². The Morgan fingerprint density at radius 1 is 1.10 bits per heavy atom. The molecule has 0 spiro atoms. The largest absolute Gasteiger partial charge is 0.497 e. The van der Waals surface area contributed by atoms with Crippen LogP contribution in [-0.4, -0.2) is 29.1 Å². The predicted molar refractivity (Wildman–Crippen MR) is 120 cm³/mol. The highest BCUT2D eigenvalue weighted by molar-refractivity contribution is 7.20. The summed E-state index contributed by atoms with van der Waals surface area (Å²) in [6.07, 6.45) is 0. The Bertz CT molecular complexity index is 1190. The summed E-state index contributed by atoms with van der Waals surface area (Å²) in [6.45, 7) is 3.89. The van der Waals surface area contributed by atoms with Crippen molar-refractivity contribution in [2.75, 3.05) is 12.4 Å². The second-order valence-corrected chi connectivity index (χ2v) is 9.16. The molecule has 1 aromatic carbocycles. The summed E-state index contributed by atoms with van der Waals surface area (Å²) < 4.78 is 5.19. The minimum Gasteiger partial charge on any atom is -0.497 e. The molecule has 9 heteroatoms. The number of H-pyrrole nitrogens is 1. The lowest BCUT2D eigenvalue weighted by Gasteiger charge is -2.26. The van der Waals surface area contributed by atoms with Gasteiger partial charge in [-0.3, -0.25) is 14.7 Å². The minimum absolute atomic E-state index is 0.194. The molecule has 3 N–H and O–H groups in total. The van der Waals surface area contributed by atoms with Crippen molar-refractivity contribution in [1.29, 1.82) is 0 Å². The molecule has 4 aromatic rings. The number of hydrogen-bond donors (Lipinski definition) is 3. The third-order valence-corrected chi connectivity index (χ3v) is 6.60. The first-order valence-corrected chi connectivity index (χ1v) is 10.9. The number of hydrogen-bond acceptors (Lipinski definition) is 6. The van der Waals surface area contributed by atoms with E-state index in [9.17, 15) is 9.59 Å². The van der Waals surface area contributed by atoms with E-state index in [1.807, 2.05) is 49.6 Å².